The topological polar surface area (TPSA) is 81.2 Å². The van der Waals surface area contributed by atoms with Crippen molar-refractivity contribution in [3.05, 3.63) is 53.6 Å². The summed E-state index contributed by atoms with van der Waals surface area (Å²) in [4.78, 5) is 47.5. The van der Waals surface area contributed by atoms with Gasteiger partial charge in [-0.15, -0.1) is 11.8 Å². The number of amides is 3. The summed E-state index contributed by atoms with van der Waals surface area (Å²) in [5, 5.41) is 9.92. The molecule has 1 unspecified atom stereocenters. The molecule has 0 aromatic heterocycles. The molecule has 8 heteroatoms. The molecule has 0 bridgehead atoms. The van der Waals surface area contributed by atoms with Crippen LogP contribution in [-0.4, -0.2) is 80.9 Å². The number of nitrogens with zero attached hydrogens (tertiary/aromatic N) is 3. The number of hydrogen-bond donors (Lipinski definition) is 1. The van der Waals surface area contributed by atoms with Gasteiger partial charge in [0.1, 0.15) is 6.04 Å². The molecule has 1 spiro atoms. The van der Waals surface area contributed by atoms with Gasteiger partial charge in [0.15, 0.2) is 0 Å². The minimum Gasteiger partial charge on any atom is -0.394 e. The van der Waals surface area contributed by atoms with Crippen molar-refractivity contribution < 1.29 is 19.5 Å². The van der Waals surface area contributed by atoms with Gasteiger partial charge in [0, 0.05) is 30.6 Å². The number of carbonyl (C=O) groups is 3. The molecule has 1 aromatic carbocycles. The second kappa shape index (κ2) is 9.38. The van der Waals surface area contributed by atoms with E-state index in [0.717, 1.165) is 23.2 Å². The first-order valence-corrected chi connectivity index (χ1v) is 13.8. The predicted octanol–water partition coefficient (Wildman–Crippen LogP) is 2.69. The third kappa shape index (κ3) is 3.64. The lowest BCUT2D eigenvalue weighted by Crippen LogP contribution is -2.56. The number of benzene rings is 1. The predicted molar refractivity (Wildman–Crippen MR) is 142 cm³/mol. The number of carbonyl (C=O) groups excluding carboxylic acids is 3. The summed E-state index contributed by atoms with van der Waals surface area (Å²) in [5.74, 6) is -1.56. The van der Waals surface area contributed by atoms with Crippen molar-refractivity contribution in [2.75, 3.05) is 31.1 Å². The van der Waals surface area contributed by atoms with E-state index >= 15 is 0 Å². The molecule has 0 saturated carbocycles. The molecule has 5 rings (SSSR count). The van der Waals surface area contributed by atoms with Crippen molar-refractivity contribution in [2.45, 2.75) is 56.2 Å². The molecule has 4 aliphatic heterocycles. The van der Waals surface area contributed by atoms with Gasteiger partial charge in [-0.3, -0.25) is 14.4 Å². The Morgan fingerprint density at radius 3 is 2.61 bits per heavy atom. The van der Waals surface area contributed by atoms with Crippen LogP contribution in [-0.2, 0) is 14.4 Å². The van der Waals surface area contributed by atoms with E-state index < -0.39 is 28.7 Å². The third-order valence-electron chi connectivity index (χ3n) is 8.07. The maximum Gasteiger partial charge on any atom is 0.251 e. The van der Waals surface area contributed by atoms with Crippen LogP contribution in [0.3, 0.4) is 0 Å². The first-order chi connectivity index (χ1) is 17.2. The van der Waals surface area contributed by atoms with E-state index in [-0.39, 0.29) is 29.6 Å². The molecule has 0 radical (unpaired) electrons. The van der Waals surface area contributed by atoms with Gasteiger partial charge in [0.2, 0.25) is 11.8 Å². The van der Waals surface area contributed by atoms with Crippen molar-refractivity contribution in [3.8, 4) is 0 Å². The normalized spacial score (nSPS) is 32.4. The van der Waals surface area contributed by atoms with E-state index in [4.69, 9.17) is 0 Å². The van der Waals surface area contributed by atoms with Crippen molar-refractivity contribution in [2.24, 2.45) is 11.8 Å². The lowest BCUT2D eigenvalue weighted by atomic mass is 9.78. The number of aliphatic hydroxyl groups is 1. The number of hydrogen-bond acceptors (Lipinski definition) is 5. The fourth-order valence-corrected chi connectivity index (χ4v) is 8.38. The molecule has 1 aromatic rings. The smallest absolute Gasteiger partial charge is 0.251 e. The largest absolute Gasteiger partial charge is 0.394 e. The number of aliphatic hydroxyl groups excluding tert-OH is 1. The number of fused-ring (bicyclic) bond motifs is 2. The molecule has 7 nitrogen and oxygen atoms in total. The van der Waals surface area contributed by atoms with Crippen LogP contribution in [0.15, 0.2) is 42.5 Å². The van der Waals surface area contributed by atoms with E-state index in [1.165, 1.54) is 0 Å². The quantitative estimate of drug-likeness (QED) is 0.618. The fraction of sp³-hybridized carbons (Fsp3) is 0.536. The maximum atomic E-state index is 14.4. The maximum absolute atomic E-state index is 14.4. The SMILES string of the molecule is CCCN1CC=C[C@H]2S[C@]34C=CCN(c5cc(C)ccc5C)C(=O)C3N([C@H](C)CO)C(=O)[C@@H]4[C@H]2C1=O. The molecule has 0 aliphatic carbocycles. The zero-order valence-electron chi connectivity index (χ0n) is 21.4. The number of likely N-dealkylation sites (tertiary alicyclic amines) is 1. The van der Waals surface area contributed by atoms with Gasteiger partial charge in [-0.1, -0.05) is 43.4 Å². The van der Waals surface area contributed by atoms with Crippen LogP contribution in [0.1, 0.15) is 31.4 Å². The monoisotopic (exact) mass is 509 g/mol. The summed E-state index contributed by atoms with van der Waals surface area (Å²) in [5.41, 5.74) is 2.87. The molecule has 4 heterocycles. The van der Waals surface area contributed by atoms with Gasteiger partial charge in [0.05, 0.1) is 29.2 Å². The van der Waals surface area contributed by atoms with E-state index in [1.807, 2.05) is 62.1 Å². The Kier molecular flexibility index (Phi) is 6.53. The summed E-state index contributed by atoms with van der Waals surface area (Å²) >= 11 is 1.58. The highest BCUT2D eigenvalue weighted by atomic mass is 32.2. The van der Waals surface area contributed by atoms with E-state index in [1.54, 1.807) is 28.5 Å². The number of thioether (sulfide) groups is 1. The minimum atomic E-state index is -0.866. The Labute approximate surface area is 217 Å². The Morgan fingerprint density at radius 2 is 1.89 bits per heavy atom. The van der Waals surface area contributed by atoms with Gasteiger partial charge in [-0.25, -0.2) is 0 Å². The van der Waals surface area contributed by atoms with Crippen LogP contribution >= 0.6 is 11.8 Å². The summed E-state index contributed by atoms with van der Waals surface area (Å²) in [6, 6.07) is 4.70. The van der Waals surface area contributed by atoms with Crippen LogP contribution in [0.25, 0.3) is 0 Å². The second-order valence-electron chi connectivity index (χ2n) is 10.5. The zero-order valence-corrected chi connectivity index (χ0v) is 22.2. The van der Waals surface area contributed by atoms with Gasteiger partial charge in [0.25, 0.3) is 5.91 Å². The van der Waals surface area contributed by atoms with Crippen LogP contribution in [0.5, 0.6) is 0 Å². The second-order valence-corrected chi connectivity index (χ2v) is 12.0. The lowest BCUT2D eigenvalue weighted by Gasteiger charge is -2.37. The fourth-order valence-electron chi connectivity index (χ4n) is 6.39. The molecule has 36 heavy (non-hydrogen) atoms. The summed E-state index contributed by atoms with van der Waals surface area (Å²) in [7, 11) is 0. The molecule has 2 saturated heterocycles. The Morgan fingerprint density at radius 1 is 1.11 bits per heavy atom. The highest BCUT2D eigenvalue weighted by molar-refractivity contribution is 8.02. The van der Waals surface area contributed by atoms with Crippen molar-refractivity contribution in [1.82, 2.24) is 9.80 Å². The molecular weight excluding hydrogens is 474 g/mol. The van der Waals surface area contributed by atoms with Crippen LogP contribution in [0.2, 0.25) is 0 Å². The Bertz CT molecular complexity index is 1150. The summed E-state index contributed by atoms with van der Waals surface area (Å²) in [6.07, 6.45) is 8.95. The summed E-state index contributed by atoms with van der Waals surface area (Å²) in [6.45, 7) is 9.13. The van der Waals surface area contributed by atoms with Crippen LogP contribution in [0, 0.1) is 25.7 Å². The van der Waals surface area contributed by atoms with Crippen molar-refractivity contribution in [1.29, 1.82) is 0 Å². The highest BCUT2D eigenvalue weighted by Crippen LogP contribution is 2.61. The minimum absolute atomic E-state index is 0.0108. The van der Waals surface area contributed by atoms with E-state index in [0.29, 0.717) is 19.6 Å². The van der Waals surface area contributed by atoms with Crippen molar-refractivity contribution in [3.63, 3.8) is 0 Å². The van der Waals surface area contributed by atoms with Gasteiger partial charge >= 0.3 is 0 Å². The van der Waals surface area contributed by atoms with E-state index in [2.05, 4.69) is 6.08 Å². The highest BCUT2D eigenvalue weighted by Gasteiger charge is 2.71. The van der Waals surface area contributed by atoms with Crippen molar-refractivity contribution >= 4 is 35.2 Å². The number of aryl methyl sites for hydroxylation is 2. The molecule has 6 atom stereocenters. The Hall–Kier alpha value is -2.58. The molecular formula is C28H35N3O4S. The number of anilines is 1. The first-order valence-electron chi connectivity index (χ1n) is 12.9. The van der Waals surface area contributed by atoms with Gasteiger partial charge < -0.3 is 19.8 Å². The lowest BCUT2D eigenvalue weighted by molar-refractivity contribution is -0.144. The Balaban J connectivity index is 1.64. The standard InChI is InChI=1S/C28H35N3O4S/c1-5-12-29-13-6-8-21-22(25(29)33)23-26(34)31(19(4)16-32)24-27(35)30(14-7-11-28(23,24)36-21)20-15-17(2)9-10-18(20)3/h6-11,15,19,21-24,32H,5,12-14,16H2,1-4H3/t19-,21-,22+,23+,24?,28+/m1/s1. The molecule has 4 aliphatic rings. The summed E-state index contributed by atoms with van der Waals surface area (Å²) < 4.78 is -0.866. The van der Waals surface area contributed by atoms with E-state index in [9.17, 15) is 19.5 Å². The molecule has 192 valence electrons. The first kappa shape index (κ1) is 25.1. The average Bonchev–Trinajstić information content (AvgIpc) is 3.18. The van der Waals surface area contributed by atoms with Crippen LogP contribution in [0.4, 0.5) is 5.69 Å². The van der Waals surface area contributed by atoms with Gasteiger partial charge in [-0.05, 0) is 44.4 Å². The average molecular weight is 510 g/mol. The third-order valence-corrected chi connectivity index (χ3v) is 9.81. The molecule has 3 amide bonds. The zero-order chi connectivity index (χ0) is 25.8. The van der Waals surface area contributed by atoms with Crippen LogP contribution < -0.4 is 4.90 Å². The molecule has 2 fully saturated rings. The van der Waals surface area contributed by atoms with Gasteiger partial charge in [-0.2, -0.15) is 0 Å². The molecule has 1 N–H and O–H groups in total. The number of rotatable bonds is 5.